The Morgan fingerprint density at radius 2 is 2.18 bits per heavy atom. The molecule has 3 heteroatoms. The normalized spacial score (nSPS) is 19.5. The Labute approximate surface area is 68.0 Å². The van der Waals surface area contributed by atoms with Gasteiger partial charge in [-0.05, 0) is 6.42 Å². The molecule has 0 aromatic carbocycles. The van der Waals surface area contributed by atoms with Crippen LogP contribution in [0.15, 0.2) is 0 Å². The summed E-state index contributed by atoms with van der Waals surface area (Å²) < 4.78 is 0. The lowest BCUT2D eigenvalue weighted by Crippen LogP contribution is -2.41. The van der Waals surface area contributed by atoms with E-state index in [1.807, 2.05) is 0 Å². The van der Waals surface area contributed by atoms with Gasteiger partial charge in [0.2, 0.25) is 0 Å². The quantitative estimate of drug-likeness (QED) is 0.593. The van der Waals surface area contributed by atoms with Gasteiger partial charge in [-0.1, -0.05) is 0 Å². The number of nitrogens with one attached hydrogen (secondary N) is 1. The summed E-state index contributed by atoms with van der Waals surface area (Å²) in [4.78, 5) is 2.29. The Morgan fingerprint density at radius 3 is 2.82 bits per heavy atom. The summed E-state index contributed by atoms with van der Waals surface area (Å²) in [6.07, 6.45) is 1.54. The molecular weight excluding hydrogens is 138 g/mol. The highest BCUT2D eigenvalue weighted by molar-refractivity contribution is 4.79. The maximum Gasteiger partial charge on any atom is 0.0622 e. The molecule has 0 amide bonds. The van der Waals surface area contributed by atoms with E-state index in [-0.39, 0.29) is 0 Å². The highest BCUT2D eigenvalue weighted by Crippen LogP contribution is 2.00. The number of piperazine rings is 1. The van der Waals surface area contributed by atoms with Crippen LogP contribution in [-0.4, -0.2) is 31.1 Å². The highest BCUT2D eigenvalue weighted by Gasteiger charge is 2.07. The van der Waals surface area contributed by atoms with E-state index in [2.05, 4.69) is 22.8 Å². The molecule has 1 N–H and O–H groups in total. The van der Waals surface area contributed by atoms with Crippen molar-refractivity contribution in [2.45, 2.75) is 12.8 Å². The Bertz CT molecular complexity index is 133. The average molecular weight is 152 g/mol. The number of rotatable bonds is 3. The van der Waals surface area contributed by atoms with E-state index in [4.69, 9.17) is 5.26 Å². The second-order valence-corrected chi connectivity index (χ2v) is 2.67. The van der Waals surface area contributed by atoms with Gasteiger partial charge in [0.1, 0.15) is 0 Å². The predicted octanol–water partition coefficient (Wildman–Crippen LogP) is 0.357. The lowest BCUT2D eigenvalue weighted by Gasteiger charge is -2.26. The minimum atomic E-state index is 0.643. The second kappa shape index (κ2) is 5.11. The van der Waals surface area contributed by atoms with Crippen LogP contribution in [0.5, 0.6) is 0 Å². The van der Waals surface area contributed by atoms with Crippen molar-refractivity contribution < 1.29 is 0 Å². The first-order chi connectivity index (χ1) is 5.43. The zero-order chi connectivity index (χ0) is 7.94. The molecule has 1 saturated heterocycles. The molecule has 0 spiro atoms. The van der Waals surface area contributed by atoms with E-state index in [0.717, 1.165) is 32.6 Å². The third kappa shape index (κ3) is 3.35. The molecule has 0 aliphatic carbocycles. The molecule has 1 fully saturated rings. The average Bonchev–Trinajstić information content (AvgIpc) is 2.07. The first-order valence-corrected chi connectivity index (χ1v) is 4.08. The van der Waals surface area contributed by atoms with E-state index in [1.165, 1.54) is 0 Å². The van der Waals surface area contributed by atoms with Crippen molar-refractivity contribution in [2.75, 3.05) is 26.2 Å². The van der Waals surface area contributed by atoms with Crippen molar-refractivity contribution in [3.8, 4) is 6.07 Å². The zero-order valence-corrected chi connectivity index (χ0v) is 6.71. The Morgan fingerprint density at radius 1 is 1.45 bits per heavy atom. The van der Waals surface area contributed by atoms with Crippen molar-refractivity contribution in [3.63, 3.8) is 0 Å². The van der Waals surface area contributed by atoms with Crippen molar-refractivity contribution in [2.24, 2.45) is 0 Å². The molecule has 3 nitrogen and oxygen atoms in total. The molecule has 0 atom stereocenters. The van der Waals surface area contributed by atoms with Gasteiger partial charge in [-0.2, -0.15) is 5.26 Å². The number of unbranched alkanes of at least 4 members (excludes halogenated alkanes) is 1. The summed E-state index contributed by atoms with van der Waals surface area (Å²) in [5.41, 5.74) is 0. The molecule has 61 valence electrons. The summed E-state index contributed by atoms with van der Waals surface area (Å²) in [6, 6.07) is 2.13. The molecule has 1 heterocycles. The molecule has 1 rings (SSSR count). The lowest BCUT2D eigenvalue weighted by molar-refractivity contribution is 0.284. The van der Waals surface area contributed by atoms with Gasteiger partial charge in [0.05, 0.1) is 6.07 Å². The molecule has 1 radical (unpaired) electrons. The summed E-state index contributed by atoms with van der Waals surface area (Å²) in [5, 5.41) is 11.6. The number of nitriles is 1. The van der Waals surface area contributed by atoms with Crippen molar-refractivity contribution in [3.05, 3.63) is 6.54 Å². The van der Waals surface area contributed by atoms with Crippen LogP contribution in [0.4, 0.5) is 0 Å². The zero-order valence-electron chi connectivity index (χ0n) is 6.71. The minimum Gasteiger partial charge on any atom is -0.314 e. The predicted molar refractivity (Wildman–Crippen MR) is 43.6 cm³/mol. The largest absolute Gasteiger partial charge is 0.314 e. The topological polar surface area (TPSA) is 39.1 Å². The molecule has 1 aliphatic rings. The minimum absolute atomic E-state index is 0.643. The van der Waals surface area contributed by atoms with E-state index in [0.29, 0.717) is 6.42 Å². The number of hydrogen-bond donors (Lipinski definition) is 1. The first-order valence-electron chi connectivity index (χ1n) is 4.08. The van der Waals surface area contributed by atoms with Gasteiger partial charge in [0.15, 0.2) is 0 Å². The van der Waals surface area contributed by atoms with E-state index < -0.39 is 0 Å². The SMILES string of the molecule is N#CCC[CH]N1CCNCC1. The third-order valence-electron chi connectivity index (χ3n) is 1.80. The lowest BCUT2D eigenvalue weighted by atomic mass is 10.3. The molecule has 0 aromatic heterocycles. The number of hydrogen-bond acceptors (Lipinski definition) is 3. The summed E-state index contributed by atoms with van der Waals surface area (Å²) >= 11 is 0. The fourth-order valence-electron chi connectivity index (χ4n) is 1.18. The van der Waals surface area contributed by atoms with Gasteiger partial charge in [-0.3, -0.25) is 4.90 Å². The van der Waals surface area contributed by atoms with Gasteiger partial charge in [0, 0.05) is 39.1 Å². The van der Waals surface area contributed by atoms with Gasteiger partial charge < -0.3 is 5.32 Å². The van der Waals surface area contributed by atoms with Crippen LogP contribution >= 0.6 is 0 Å². The Balaban J connectivity index is 2.01. The molecule has 0 aromatic rings. The molecule has 0 bridgehead atoms. The molecule has 11 heavy (non-hydrogen) atoms. The number of nitrogens with zero attached hydrogens (tertiary/aromatic N) is 2. The van der Waals surface area contributed by atoms with Crippen LogP contribution in [0, 0.1) is 17.9 Å². The smallest absolute Gasteiger partial charge is 0.0622 e. The van der Waals surface area contributed by atoms with Crippen molar-refractivity contribution in [1.29, 1.82) is 5.26 Å². The molecule has 0 saturated carbocycles. The maximum atomic E-state index is 8.29. The summed E-state index contributed by atoms with van der Waals surface area (Å²) in [6.45, 7) is 6.47. The van der Waals surface area contributed by atoms with Gasteiger partial charge in [0.25, 0.3) is 0 Å². The van der Waals surface area contributed by atoms with Crippen molar-refractivity contribution >= 4 is 0 Å². The molecular formula is C8H14N3. The van der Waals surface area contributed by atoms with E-state index >= 15 is 0 Å². The summed E-state index contributed by atoms with van der Waals surface area (Å²) in [5.74, 6) is 0. The van der Waals surface area contributed by atoms with Gasteiger partial charge >= 0.3 is 0 Å². The fraction of sp³-hybridized carbons (Fsp3) is 0.750. The van der Waals surface area contributed by atoms with E-state index in [9.17, 15) is 0 Å². The van der Waals surface area contributed by atoms with Gasteiger partial charge in [-0.15, -0.1) is 0 Å². The van der Waals surface area contributed by atoms with Crippen LogP contribution in [0.3, 0.4) is 0 Å². The van der Waals surface area contributed by atoms with E-state index in [1.54, 1.807) is 0 Å². The standard InChI is InChI=1S/C8H14N3/c9-3-1-2-6-11-7-4-10-5-8-11/h6,10H,1-2,4-5,7-8H2. The second-order valence-electron chi connectivity index (χ2n) is 2.67. The molecule has 1 aliphatic heterocycles. The monoisotopic (exact) mass is 152 g/mol. The fourth-order valence-corrected chi connectivity index (χ4v) is 1.18. The van der Waals surface area contributed by atoms with Crippen LogP contribution in [0.2, 0.25) is 0 Å². The third-order valence-corrected chi connectivity index (χ3v) is 1.80. The van der Waals surface area contributed by atoms with Crippen LogP contribution in [0.1, 0.15) is 12.8 Å². The maximum absolute atomic E-state index is 8.29. The first kappa shape index (κ1) is 8.51. The molecule has 0 unspecified atom stereocenters. The van der Waals surface area contributed by atoms with Gasteiger partial charge in [-0.25, -0.2) is 0 Å². The highest BCUT2D eigenvalue weighted by atomic mass is 15.2. The Kier molecular flexibility index (Phi) is 3.95. The summed E-state index contributed by atoms with van der Waals surface area (Å²) in [7, 11) is 0. The van der Waals surface area contributed by atoms with Crippen molar-refractivity contribution in [1.82, 2.24) is 10.2 Å². The Hall–Kier alpha value is -0.590. The van der Waals surface area contributed by atoms with Crippen LogP contribution in [-0.2, 0) is 0 Å². The van der Waals surface area contributed by atoms with Crippen LogP contribution < -0.4 is 5.32 Å². The van der Waals surface area contributed by atoms with Crippen LogP contribution in [0.25, 0.3) is 0 Å².